The maximum absolute atomic E-state index is 13.9. The highest BCUT2D eigenvalue weighted by atomic mass is 32.1. The van der Waals surface area contributed by atoms with Gasteiger partial charge in [0.2, 0.25) is 0 Å². The quantitative estimate of drug-likeness (QED) is 0.630. The number of alkyl halides is 3. The molecule has 0 unspecified atom stereocenters. The average molecular weight is 502 g/mol. The van der Waals surface area contributed by atoms with Gasteiger partial charge >= 0.3 is 6.18 Å². The van der Waals surface area contributed by atoms with E-state index >= 15 is 0 Å². The fourth-order valence-electron chi connectivity index (χ4n) is 4.97. The number of piperidine rings is 1. The maximum atomic E-state index is 13.9. The van der Waals surface area contributed by atoms with Crippen LogP contribution in [0.15, 0.2) is 36.5 Å². The van der Waals surface area contributed by atoms with Crippen LogP contribution in [0, 0.1) is 11.3 Å². The molecule has 3 heterocycles. The summed E-state index contributed by atoms with van der Waals surface area (Å²) in [6, 6.07) is 9.70. The van der Waals surface area contributed by atoms with Crippen LogP contribution in [0.5, 0.6) is 5.75 Å². The van der Waals surface area contributed by atoms with Gasteiger partial charge in [0, 0.05) is 11.9 Å². The molecule has 1 saturated carbocycles. The number of hydrogen-bond donors (Lipinski definition) is 1. The monoisotopic (exact) mass is 501 g/mol. The Morgan fingerprint density at radius 1 is 1.17 bits per heavy atom. The molecule has 3 aliphatic rings. The van der Waals surface area contributed by atoms with Gasteiger partial charge in [-0.25, -0.2) is 4.98 Å². The van der Waals surface area contributed by atoms with Crippen molar-refractivity contribution in [1.29, 1.82) is 5.26 Å². The highest BCUT2D eigenvalue weighted by molar-refractivity contribution is 7.81. The van der Waals surface area contributed by atoms with Gasteiger partial charge in [0.1, 0.15) is 29.0 Å². The lowest BCUT2D eigenvalue weighted by Crippen LogP contribution is -2.55. The van der Waals surface area contributed by atoms with Crippen LogP contribution in [0.25, 0.3) is 0 Å². The van der Waals surface area contributed by atoms with Crippen molar-refractivity contribution in [3.63, 3.8) is 0 Å². The van der Waals surface area contributed by atoms with Gasteiger partial charge in [0.25, 0.3) is 5.91 Å². The number of ether oxygens (including phenoxy) is 1. The van der Waals surface area contributed by atoms with Crippen molar-refractivity contribution < 1.29 is 22.7 Å². The van der Waals surface area contributed by atoms with Crippen molar-refractivity contribution in [2.24, 2.45) is 0 Å². The van der Waals surface area contributed by atoms with E-state index in [1.807, 2.05) is 0 Å². The molecule has 2 aromatic rings. The normalized spacial score (nSPS) is 20.2. The number of nitrogens with one attached hydrogen (secondary N) is 1. The Kier molecular flexibility index (Phi) is 5.89. The van der Waals surface area contributed by atoms with E-state index in [1.54, 1.807) is 29.2 Å². The Morgan fingerprint density at radius 2 is 1.86 bits per heavy atom. The number of pyridine rings is 1. The molecule has 1 N–H and O–H groups in total. The number of amides is 1. The van der Waals surface area contributed by atoms with Gasteiger partial charge < -0.3 is 15.0 Å². The minimum absolute atomic E-state index is 0.0534. The van der Waals surface area contributed by atoms with Gasteiger partial charge in [-0.3, -0.25) is 9.69 Å². The van der Waals surface area contributed by atoms with Crippen LogP contribution in [0.2, 0.25) is 0 Å². The lowest BCUT2D eigenvalue weighted by atomic mass is 9.75. The molecule has 1 spiro atoms. The molecule has 0 radical (unpaired) electrons. The Hall–Kier alpha value is -3.23. The molecule has 3 fully saturated rings. The SMILES string of the molecule is N#Cc1nccc(N2C(=O)C3(CCC3)N(c3ccc(OC4CCNCC4)cc3)C2=S)c1C(F)(F)F. The van der Waals surface area contributed by atoms with Gasteiger partial charge in [0.05, 0.1) is 5.69 Å². The maximum Gasteiger partial charge on any atom is 0.421 e. The molecule has 0 atom stereocenters. The van der Waals surface area contributed by atoms with Crippen LogP contribution in [0.3, 0.4) is 0 Å². The molecule has 1 aromatic heterocycles. The van der Waals surface area contributed by atoms with Crippen LogP contribution in [-0.4, -0.2) is 40.7 Å². The Bertz CT molecular complexity index is 1200. The standard InChI is InChI=1S/C24H22F3N5O2S/c25-24(26,27)20-18(14-28)30-13-8-19(20)31-21(33)23(9-1-10-23)32(22(31)35)15-2-4-16(5-3-15)34-17-6-11-29-12-7-17/h2-5,8,13,17,29H,1,6-7,9-12H2. The summed E-state index contributed by atoms with van der Waals surface area (Å²) in [7, 11) is 0. The van der Waals surface area contributed by atoms with Crippen molar-refractivity contribution in [1.82, 2.24) is 10.3 Å². The summed E-state index contributed by atoms with van der Waals surface area (Å²) in [5.41, 5.74) is -2.98. The summed E-state index contributed by atoms with van der Waals surface area (Å²) >= 11 is 5.60. The summed E-state index contributed by atoms with van der Waals surface area (Å²) < 4.78 is 47.9. The van der Waals surface area contributed by atoms with Gasteiger partial charge in [0.15, 0.2) is 10.8 Å². The molecule has 2 saturated heterocycles. The van der Waals surface area contributed by atoms with E-state index < -0.39 is 34.6 Å². The molecule has 182 valence electrons. The number of anilines is 2. The van der Waals surface area contributed by atoms with Crippen LogP contribution in [-0.2, 0) is 11.0 Å². The molecule has 7 nitrogen and oxygen atoms in total. The zero-order valence-corrected chi connectivity index (χ0v) is 19.5. The van der Waals surface area contributed by atoms with Crippen LogP contribution in [0.4, 0.5) is 24.5 Å². The minimum atomic E-state index is -4.89. The summed E-state index contributed by atoms with van der Waals surface area (Å²) in [4.78, 5) is 19.7. The second-order valence-corrected chi connectivity index (χ2v) is 9.23. The first kappa shape index (κ1) is 23.5. The predicted molar refractivity (Wildman–Crippen MR) is 126 cm³/mol. The molecule has 1 aromatic carbocycles. The first-order valence-electron chi connectivity index (χ1n) is 11.4. The van der Waals surface area contributed by atoms with Crippen LogP contribution in [0.1, 0.15) is 43.4 Å². The van der Waals surface area contributed by atoms with E-state index in [0.29, 0.717) is 24.3 Å². The number of nitrogens with zero attached hydrogens (tertiary/aromatic N) is 4. The third-order valence-electron chi connectivity index (χ3n) is 6.84. The third-order valence-corrected chi connectivity index (χ3v) is 7.20. The Morgan fingerprint density at radius 3 is 2.43 bits per heavy atom. The van der Waals surface area contributed by atoms with Crippen molar-refractivity contribution in [2.75, 3.05) is 22.9 Å². The number of benzene rings is 1. The third kappa shape index (κ3) is 3.90. The van der Waals surface area contributed by atoms with Crippen molar-refractivity contribution in [2.45, 2.75) is 49.9 Å². The highest BCUT2D eigenvalue weighted by Crippen LogP contribution is 2.49. The van der Waals surface area contributed by atoms with E-state index in [-0.39, 0.29) is 11.2 Å². The minimum Gasteiger partial charge on any atom is -0.490 e. The van der Waals surface area contributed by atoms with Crippen molar-refractivity contribution >= 4 is 34.6 Å². The molecule has 1 amide bonds. The largest absolute Gasteiger partial charge is 0.490 e. The molecular weight excluding hydrogens is 479 g/mol. The number of hydrogen-bond acceptors (Lipinski definition) is 6. The van der Waals surface area contributed by atoms with Crippen molar-refractivity contribution in [3.05, 3.63) is 47.8 Å². The second-order valence-electron chi connectivity index (χ2n) is 8.87. The van der Waals surface area contributed by atoms with E-state index in [4.69, 9.17) is 17.0 Å². The van der Waals surface area contributed by atoms with E-state index in [1.165, 1.54) is 6.07 Å². The summed E-state index contributed by atoms with van der Waals surface area (Å²) in [6.45, 7) is 1.79. The topological polar surface area (TPSA) is 81.5 Å². The molecule has 0 bridgehead atoms. The number of thiocarbonyl (C=S) groups is 1. The molecular formula is C24H22F3N5O2S. The zero-order valence-electron chi connectivity index (χ0n) is 18.6. The van der Waals surface area contributed by atoms with Crippen molar-refractivity contribution in [3.8, 4) is 11.8 Å². The summed E-state index contributed by atoms with van der Waals surface area (Å²) in [5.74, 6) is 0.160. The molecule has 35 heavy (non-hydrogen) atoms. The highest BCUT2D eigenvalue weighted by Gasteiger charge is 2.60. The first-order valence-corrected chi connectivity index (χ1v) is 11.8. The van der Waals surface area contributed by atoms with Gasteiger partial charge in [-0.05, 0) is 87.7 Å². The summed E-state index contributed by atoms with van der Waals surface area (Å²) in [6.07, 6.45) is -0.194. The predicted octanol–water partition coefficient (Wildman–Crippen LogP) is 4.16. The molecule has 1 aliphatic carbocycles. The number of nitriles is 1. The number of halogens is 3. The zero-order chi connectivity index (χ0) is 24.8. The van der Waals surface area contributed by atoms with E-state index in [9.17, 15) is 23.2 Å². The van der Waals surface area contributed by atoms with Crippen LogP contribution >= 0.6 is 12.2 Å². The smallest absolute Gasteiger partial charge is 0.421 e. The number of rotatable bonds is 4. The van der Waals surface area contributed by atoms with Crippen LogP contribution < -0.4 is 19.9 Å². The Balaban J connectivity index is 1.50. The number of aromatic nitrogens is 1. The fourth-order valence-corrected chi connectivity index (χ4v) is 5.44. The lowest BCUT2D eigenvalue weighted by Gasteiger charge is -2.43. The summed E-state index contributed by atoms with van der Waals surface area (Å²) in [5, 5.41) is 12.5. The van der Waals surface area contributed by atoms with Gasteiger partial charge in [-0.1, -0.05) is 0 Å². The molecule has 11 heteroatoms. The molecule has 5 rings (SSSR count). The van der Waals surface area contributed by atoms with E-state index in [0.717, 1.165) is 49.5 Å². The van der Waals surface area contributed by atoms with Gasteiger partial charge in [-0.15, -0.1) is 0 Å². The van der Waals surface area contributed by atoms with Gasteiger partial charge in [-0.2, -0.15) is 18.4 Å². The number of carbonyl (C=O) groups is 1. The first-order chi connectivity index (χ1) is 16.8. The van der Waals surface area contributed by atoms with E-state index in [2.05, 4.69) is 10.3 Å². The fraction of sp³-hybridized carbons (Fsp3) is 0.417. The molecule has 2 aliphatic heterocycles. The second kappa shape index (κ2) is 8.77. The lowest BCUT2D eigenvalue weighted by molar-refractivity contribution is -0.137. The number of carbonyl (C=O) groups excluding carboxylic acids is 1. The Labute approximate surface area is 205 Å². The average Bonchev–Trinajstić information content (AvgIpc) is 3.05.